The van der Waals surface area contributed by atoms with Crippen LogP contribution >= 0.6 is 11.6 Å². The highest BCUT2D eigenvalue weighted by Crippen LogP contribution is 2.27. The number of carbonyl (C=O) groups is 1. The second kappa shape index (κ2) is 5.39. The zero-order valence-electron chi connectivity index (χ0n) is 10.2. The molecule has 1 aromatic heterocycles. The van der Waals surface area contributed by atoms with Crippen LogP contribution in [0.25, 0.3) is 0 Å². The summed E-state index contributed by atoms with van der Waals surface area (Å²) in [6, 6.07) is 0. The molecular weight excluding hydrogens is 254 g/mol. The third-order valence-electron chi connectivity index (χ3n) is 3.16. The second-order valence-electron chi connectivity index (χ2n) is 4.28. The molecule has 1 amide bonds. The molecule has 1 aliphatic heterocycles. The lowest BCUT2D eigenvalue weighted by atomic mass is 9.96. The van der Waals surface area contributed by atoms with E-state index in [9.17, 15) is 4.79 Å². The lowest BCUT2D eigenvalue weighted by Gasteiger charge is -2.32. The number of nitrogens with zero attached hydrogens (tertiary/aromatic N) is 3. The zero-order valence-corrected chi connectivity index (χ0v) is 10.9. The number of aromatic nitrogens is 2. The number of halogens is 1. The van der Waals surface area contributed by atoms with Crippen molar-refractivity contribution in [2.24, 2.45) is 5.92 Å². The minimum absolute atomic E-state index is 0.0733. The third-order valence-corrected chi connectivity index (χ3v) is 3.42. The van der Waals surface area contributed by atoms with Crippen molar-refractivity contribution in [2.45, 2.75) is 12.8 Å². The van der Waals surface area contributed by atoms with E-state index < -0.39 is 0 Å². The van der Waals surface area contributed by atoms with Gasteiger partial charge in [0.15, 0.2) is 5.82 Å². The molecule has 3 N–H and O–H groups in total. The van der Waals surface area contributed by atoms with Gasteiger partial charge in [0, 0.05) is 26.1 Å². The summed E-state index contributed by atoms with van der Waals surface area (Å²) in [7, 11) is 1.66. The average Bonchev–Trinajstić information content (AvgIpc) is 2.41. The van der Waals surface area contributed by atoms with Gasteiger partial charge in [-0.2, -0.15) is 4.98 Å². The molecule has 0 saturated carbocycles. The molecule has 1 fully saturated rings. The van der Waals surface area contributed by atoms with Gasteiger partial charge in [-0.15, -0.1) is 0 Å². The van der Waals surface area contributed by atoms with Crippen LogP contribution in [-0.2, 0) is 4.79 Å². The number of nitrogens with one attached hydrogen (secondary N) is 1. The molecule has 0 bridgehead atoms. The van der Waals surface area contributed by atoms with Crippen LogP contribution in [0.15, 0.2) is 6.20 Å². The minimum Gasteiger partial charge on any atom is -0.368 e. The summed E-state index contributed by atoms with van der Waals surface area (Å²) in [5.41, 5.74) is 5.56. The molecule has 1 aliphatic rings. The van der Waals surface area contributed by atoms with E-state index in [-0.39, 0.29) is 17.8 Å². The van der Waals surface area contributed by atoms with Crippen molar-refractivity contribution in [1.29, 1.82) is 0 Å². The smallest absolute Gasteiger partial charge is 0.222 e. The zero-order chi connectivity index (χ0) is 13.1. The summed E-state index contributed by atoms with van der Waals surface area (Å²) in [4.78, 5) is 21.6. The number of carbonyl (C=O) groups excluding carboxylic acids is 1. The van der Waals surface area contributed by atoms with E-state index in [0.29, 0.717) is 10.8 Å². The molecule has 1 saturated heterocycles. The van der Waals surface area contributed by atoms with Crippen LogP contribution in [0.1, 0.15) is 12.8 Å². The Hall–Kier alpha value is -1.56. The summed E-state index contributed by atoms with van der Waals surface area (Å²) >= 11 is 6.05. The molecule has 0 radical (unpaired) electrons. The van der Waals surface area contributed by atoms with E-state index in [0.717, 1.165) is 25.9 Å². The largest absolute Gasteiger partial charge is 0.368 e. The molecule has 7 heteroatoms. The van der Waals surface area contributed by atoms with Crippen LogP contribution in [-0.4, -0.2) is 36.0 Å². The Labute approximate surface area is 111 Å². The van der Waals surface area contributed by atoms with Crippen LogP contribution in [0.4, 0.5) is 11.8 Å². The molecular formula is C11H16ClN5O. The Morgan fingerprint density at radius 1 is 1.56 bits per heavy atom. The normalized spacial score (nSPS) is 16.7. The second-order valence-corrected chi connectivity index (χ2v) is 4.68. The van der Waals surface area contributed by atoms with Crippen LogP contribution in [0.2, 0.25) is 5.02 Å². The number of rotatable bonds is 2. The molecule has 6 nitrogen and oxygen atoms in total. The van der Waals surface area contributed by atoms with Crippen molar-refractivity contribution in [1.82, 2.24) is 15.3 Å². The third kappa shape index (κ3) is 2.64. The maximum absolute atomic E-state index is 11.5. The number of piperidine rings is 1. The van der Waals surface area contributed by atoms with Crippen molar-refractivity contribution in [3.8, 4) is 0 Å². The number of nitrogen functional groups attached to an aromatic ring is 1. The first kappa shape index (κ1) is 12.9. The van der Waals surface area contributed by atoms with E-state index >= 15 is 0 Å². The summed E-state index contributed by atoms with van der Waals surface area (Å²) in [6.45, 7) is 1.49. The molecule has 0 unspecified atom stereocenters. The van der Waals surface area contributed by atoms with Gasteiger partial charge in [0.1, 0.15) is 5.02 Å². The highest BCUT2D eigenvalue weighted by Gasteiger charge is 2.25. The molecule has 0 spiro atoms. The van der Waals surface area contributed by atoms with Gasteiger partial charge >= 0.3 is 0 Å². The topological polar surface area (TPSA) is 84.1 Å². The summed E-state index contributed by atoms with van der Waals surface area (Å²) in [6.07, 6.45) is 3.09. The molecule has 0 atom stereocenters. The predicted molar refractivity (Wildman–Crippen MR) is 70.5 cm³/mol. The van der Waals surface area contributed by atoms with E-state index in [1.165, 1.54) is 6.20 Å². The first-order valence-corrected chi connectivity index (χ1v) is 6.24. The molecule has 1 aromatic rings. The maximum atomic E-state index is 11.5. The number of amides is 1. The first-order chi connectivity index (χ1) is 8.61. The fourth-order valence-electron chi connectivity index (χ4n) is 2.15. The molecule has 98 valence electrons. The summed E-state index contributed by atoms with van der Waals surface area (Å²) < 4.78 is 0. The van der Waals surface area contributed by atoms with Crippen LogP contribution < -0.4 is 16.0 Å². The van der Waals surface area contributed by atoms with Gasteiger partial charge in [-0.25, -0.2) is 4.98 Å². The maximum Gasteiger partial charge on any atom is 0.222 e. The standard InChI is InChI=1S/C11H16ClN5O/c1-14-10(18)7-2-4-17(5-3-7)9-8(12)6-15-11(13)16-9/h6-7H,2-5H2,1H3,(H,14,18)(H2,13,15,16). The lowest BCUT2D eigenvalue weighted by Crippen LogP contribution is -2.40. The van der Waals surface area contributed by atoms with Crippen molar-refractivity contribution in [3.63, 3.8) is 0 Å². The monoisotopic (exact) mass is 269 g/mol. The Balaban J connectivity index is 2.05. The highest BCUT2D eigenvalue weighted by atomic mass is 35.5. The summed E-state index contributed by atoms with van der Waals surface area (Å²) in [5.74, 6) is 1.04. The minimum atomic E-state index is 0.0733. The molecule has 2 rings (SSSR count). The first-order valence-electron chi connectivity index (χ1n) is 5.86. The Morgan fingerprint density at radius 3 is 2.83 bits per heavy atom. The van der Waals surface area contributed by atoms with Gasteiger partial charge in [0.25, 0.3) is 0 Å². The SMILES string of the molecule is CNC(=O)C1CCN(c2nc(N)ncc2Cl)CC1. The Kier molecular flexibility index (Phi) is 3.86. The van der Waals surface area contributed by atoms with Crippen molar-refractivity contribution in [2.75, 3.05) is 30.8 Å². The van der Waals surface area contributed by atoms with E-state index in [1.807, 2.05) is 4.90 Å². The number of hydrogen-bond acceptors (Lipinski definition) is 5. The van der Waals surface area contributed by atoms with Crippen LogP contribution in [0.3, 0.4) is 0 Å². The Morgan fingerprint density at radius 2 is 2.22 bits per heavy atom. The lowest BCUT2D eigenvalue weighted by molar-refractivity contribution is -0.125. The van der Waals surface area contributed by atoms with Crippen molar-refractivity contribution >= 4 is 29.3 Å². The van der Waals surface area contributed by atoms with Gasteiger partial charge < -0.3 is 16.0 Å². The van der Waals surface area contributed by atoms with Crippen molar-refractivity contribution < 1.29 is 4.79 Å². The van der Waals surface area contributed by atoms with E-state index in [4.69, 9.17) is 17.3 Å². The van der Waals surface area contributed by atoms with Gasteiger partial charge in [0.2, 0.25) is 11.9 Å². The Bertz CT molecular complexity index is 445. The molecule has 0 aromatic carbocycles. The van der Waals surface area contributed by atoms with Gasteiger partial charge in [0.05, 0.1) is 6.20 Å². The molecule has 18 heavy (non-hydrogen) atoms. The fraction of sp³-hybridized carbons (Fsp3) is 0.545. The fourth-order valence-corrected chi connectivity index (χ4v) is 2.36. The predicted octanol–water partition coefficient (Wildman–Crippen LogP) is 0.675. The van der Waals surface area contributed by atoms with Gasteiger partial charge in [-0.05, 0) is 12.8 Å². The van der Waals surface area contributed by atoms with Gasteiger partial charge in [-0.1, -0.05) is 11.6 Å². The number of nitrogens with two attached hydrogens (primary N) is 1. The van der Waals surface area contributed by atoms with Crippen LogP contribution in [0.5, 0.6) is 0 Å². The van der Waals surface area contributed by atoms with Crippen LogP contribution in [0, 0.1) is 5.92 Å². The molecule has 2 heterocycles. The highest BCUT2D eigenvalue weighted by molar-refractivity contribution is 6.32. The van der Waals surface area contributed by atoms with E-state index in [1.54, 1.807) is 7.05 Å². The van der Waals surface area contributed by atoms with E-state index in [2.05, 4.69) is 15.3 Å². The van der Waals surface area contributed by atoms with Crippen molar-refractivity contribution in [3.05, 3.63) is 11.2 Å². The molecule has 0 aliphatic carbocycles. The number of hydrogen-bond donors (Lipinski definition) is 2. The quantitative estimate of drug-likeness (QED) is 0.825. The summed E-state index contributed by atoms with van der Waals surface area (Å²) in [5, 5.41) is 3.17. The average molecular weight is 270 g/mol. The number of anilines is 2. The van der Waals surface area contributed by atoms with Gasteiger partial charge in [-0.3, -0.25) is 4.79 Å².